The average molecular weight is 592 g/mol. The molecule has 3 heterocycles. The van der Waals surface area contributed by atoms with Gasteiger partial charge in [0.2, 0.25) is 5.91 Å². The molecule has 208 valence electrons. The zero-order valence-electron chi connectivity index (χ0n) is 22.1. The standard InChI is InChI=1S/C27H31ClN6O3S.ClH/c1-33(2)27(37)16-5-7-19(30-24(35)21-8-4-15-12-17(28)6-9-18(15)29-21)22(13-16)31-25(36)26-32-20-10-11-34(3)14-23(20)38-26;/h4,6,8-9,12,16,19,22H,5,7,10-11,13-14H2,1-3H3,(H,30,35)(H,31,36);1H/t16-,19-,22+;/m0./s1. The Labute approximate surface area is 242 Å². The van der Waals surface area contributed by atoms with E-state index in [-0.39, 0.29) is 47.8 Å². The second-order valence-corrected chi connectivity index (χ2v) is 11.8. The lowest BCUT2D eigenvalue weighted by atomic mass is 9.81. The second kappa shape index (κ2) is 12.2. The fourth-order valence-corrected chi connectivity index (χ4v) is 6.48. The van der Waals surface area contributed by atoms with E-state index in [2.05, 4.69) is 32.5 Å². The predicted octanol–water partition coefficient (Wildman–Crippen LogP) is 3.54. The van der Waals surface area contributed by atoms with Crippen LogP contribution in [0.1, 0.15) is 50.1 Å². The minimum Gasteiger partial charge on any atom is -0.349 e. The van der Waals surface area contributed by atoms with Gasteiger partial charge < -0.3 is 20.4 Å². The maximum Gasteiger partial charge on any atom is 0.280 e. The summed E-state index contributed by atoms with van der Waals surface area (Å²) in [7, 11) is 5.53. The number of hydrogen-bond donors (Lipinski definition) is 2. The van der Waals surface area contributed by atoms with Gasteiger partial charge in [0.1, 0.15) is 5.69 Å². The SMILES string of the molecule is CN1CCc2nc(C(=O)N[C@@H]3C[C@@H](C(=O)N(C)C)CC[C@@H]3NC(=O)c3ccc4cc(Cl)ccc4n3)sc2C1.Cl. The molecule has 1 saturated carbocycles. The number of pyridine rings is 1. The molecule has 2 aliphatic rings. The van der Waals surface area contributed by atoms with E-state index in [9.17, 15) is 14.4 Å². The smallest absolute Gasteiger partial charge is 0.280 e. The summed E-state index contributed by atoms with van der Waals surface area (Å²) in [5.41, 5.74) is 1.94. The number of likely N-dealkylation sites (N-methyl/N-ethyl adjacent to an activating group) is 1. The molecule has 3 atom stereocenters. The highest BCUT2D eigenvalue weighted by Crippen LogP contribution is 2.29. The van der Waals surface area contributed by atoms with Gasteiger partial charge in [0.15, 0.2) is 5.01 Å². The highest BCUT2D eigenvalue weighted by molar-refractivity contribution is 7.13. The molecule has 0 bridgehead atoms. The zero-order chi connectivity index (χ0) is 27.0. The fourth-order valence-electron chi connectivity index (χ4n) is 5.21. The number of hydrogen-bond acceptors (Lipinski definition) is 7. The molecule has 0 saturated heterocycles. The van der Waals surface area contributed by atoms with Gasteiger partial charge in [0.05, 0.1) is 17.3 Å². The Morgan fingerprint density at radius 3 is 2.59 bits per heavy atom. The maximum absolute atomic E-state index is 13.3. The molecule has 1 aromatic carbocycles. The Balaban J connectivity index is 0.00000353. The number of fused-ring (bicyclic) bond motifs is 2. The lowest BCUT2D eigenvalue weighted by molar-refractivity contribution is -0.134. The molecule has 1 fully saturated rings. The van der Waals surface area contributed by atoms with Crippen molar-refractivity contribution in [3.63, 3.8) is 0 Å². The third kappa shape index (κ3) is 6.51. The number of nitrogens with zero attached hydrogens (tertiary/aromatic N) is 4. The van der Waals surface area contributed by atoms with Gasteiger partial charge in [-0.05, 0) is 50.6 Å². The number of aromatic nitrogens is 2. The van der Waals surface area contributed by atoms with Crippen molar-refractivity contribution in [2.75, 3.05) is 27.7 Å². The first-order chi connectivity index (χ1) is 18.2. The molecule has 3 aromatic rings. The molecule has 1 aliphatic carbocycles. The first-order valence-corrected chi connectivity index (χ1v) is 13.9. The van der Waals surface area contributed by atoms with Crippen LogP contribution in [0.2, 0.25) is 5.02 Å². The number of rotatable bonds is 5. The van der Waals surface area contributed by atoms with Crippen molar-refractivity contribution < 1.29 is 14.4 Å². The number of benzene rings is 1. The maximum atomic E-state index is 13.3. The van der Waals surface area contributed by atoms with Crippen molar-refractivity contribution in [3.05, 3.63) is 56.6 Å². The molecule has 0 unspecified atom stereocenters. The molecule has 0 spiro atoms. The summed E-state index contributed by atoms with van der Waals surface area (Å²) < 4.78 is 0. The van der Waals surface area contributed by atoms with Crippen molar-refractivity contribution in [2.45, 2.75) is 44.3 Å². The summed E-state index contributed by atoms with van der Waals surface area (Å²) >= 11 is 7.48. The monoisotopic (exact) mass is 590 g/mol. The lowest BCUT2D eigenvalue weighted by Crippen LogP contribution is -2.56. The average Bonchev–Trinajstić information content (AvgIpc) is 3.32. The fraction of sp³-hybridized carbons (Fsp3) is 0.444. The molecular formula is C27H32Cl2N6O3S. The third-order valence-electron chi connectivity index (χ3n) is 7.27. The number of thiazole rings is 1. The van der Waals surface area contributed by atoms with Gasteiger partial charge in [0.25, 0.3) is 11.8 Å². The van der Waals surface area contributed by atoms with Crippen LogP contribution in [0.5, 0.6) is 0 Å². The van der Waals surface area contributed by atoms with Crippen LogP contribution in [0.4, 0.5) is 0 Å². The number of amides is 3. The van der Waals surface area contributed by atoms with Crippen LogP contribution in [-0.2, 0) is 17.8 Å². The zero-order valence-corrected chi connectivity index (χ0v) is 24.5. The van der Waals surface area contributed by atoms with Crippen LogP contribution in [0, 0.1) is 5.92 Å². The highest BCUT2D eigenvalue weighted by Gasteiger charge is 2.37. The summed E-state index contributed by atoms with van der Waals surface area (Å²) in [4.78, 5) is 53.3. The van der Waals surface area contributed by atoms with Crippen molar-refractivity contribution in [3.8, 4) is 0 Å². The van der Waals surface area contributed by atoms with Crippen molar-refractivity contribution in [2.24, 2.45) is 5.92 Å². The molecule has 1 aliphatic heterocycles. The Morgan fingerprint density at radius 2 is 1.82 bits per heavy atom. The summed E-state index contributed by atoms with van der Waals surface area (Å²) in [6.45, 7) is 1.70. The van der Waals surface area contributed by atoms with Crippen LogP contribution >= 0.6 is 35.3 Å². The summed E-state index contributed by atoms with van der Waals surface area (Å²) in [5, 5.41) is 8.04. The van der Waals surface area contributed by atoms with E-state index in [0.717, 1.165) is 35.5 Å². The van der Waals surface area contributed by atoms with E-state index in [4.69, 9.17) is 11.6 Å². The summed E-state index contributed by atoms with van der Waals surface area (Å²) in [6, 6.07) is 8.03. The molecule has 0 radical (unpaired) electrons. The number of carbonyl (C=O) groups excluding carboxylic acids is 3. The van der Waals surface area contributed by atoms with Gasteiger partial charge in [-0.2, -0.15) is 0 Å². The molecule has 2 aromatic heterocycles. The van der Waals surface area contributed by atoms with Gasteiger partial charge in [0, 0.05) is 60.9 Å². The van der Waals surface area contributed by atoms with E-state index >= 15 is 0 Å². The normalized spacial score (nSPS) is 21.0. The minimum absolute atomic E-state index is 0. The van der Waals surface area contributed by atoms with Crippen LogP contribution < -0.4 is 10.6 Å². The molecule has 12 heteroatoms. The quantitative estimate of drug-likeness (QED) is 0.470. The van der Waals surface area contributed by atoms with E-state index in [1.807, 2.05) is 6.07 Å². The van der Waals surface area contributed by atoms with E-state index in [0.29, 0.717) is 34.8 Å². The van der Waals surface area contributed by atoms with Crippen LogP contribution in [0.3, 0.4) is 0 Å². The molecule has 9 nitrogen and oxygen atoms in total. The Hall–Kier alpha value is -2.79. The van der Waals surface area contributed by atoms with Crippen molar-refractivity contribution in [1.29, 1.82) is 0 Å². The molecule has 39 heavy (non-hydrogen) atoms. The molecule has 2 N–H and O–H groups in total. The Bertz CT molecular complexity index is 1400. The summed E-state index contributed by atoms with van der Waals surface area (Å²) in [5.74, 6) is -0.798. The van der Waals surface area contributed by atoms with E-state index in [1.165, 1.54) is 11.3 Å². The lowest BCUT2D eigenvalue weighted by Gasteiger charge is -2.37. The molecule has 5 rings (SSSR count). The molecule has 3 amide bonds. The Kier molecular flexibility index (Phi) is 9.10. The van der Waals surface area contributed by atoms with Crippen LogP contribution in [0.15, 0.2) is 30.3 Å². The largest absolute Gasteiger partial charge is 0.349 e. The third-order valence-corrected chi connectivity index (χ3v) is 8.59. The van der Waals surface area contributed by atoms with Gasteiger partial charge in [-0.25, -0.2) is 9.97 Å². The predicted molar refractivity (Wildman–Crippen MR) is 155 cm³/mol. The van der Waals surface area contributed by atoms with E-state index < -0.39 is 6.04 Å². The van der Waals surface area contributed by atoms with Crippen LogP contribution in [-0.4, -0.2) is 77.3 Å². The molecular weight excluding hydrogens is 559 g/mol. The number of carbonyl (C=O) groups is 3. The number of halogens is 2. The first kappa shape index (κ1) is 29.2. The van der Waals surface area contributed by atoms with Gasteiger partial charge in [-0.3, -0.25) is 14.4 Å². The second-order valence-electron chi connectivity index (χ2n) is 10.3. The van der Waals surface area contributed by atoms with E-state index in [1.54, 1.807) is 43.3 Å². The minimum atomic E-state index is -0.419. The highest BCUT2D eigenvalue weighted by atomic mass is 35.5. The van der Waals surface area contributed by atoms with Gasteiger partial charge in [-0.15, -0.1) is 23.7 Å². The van der Waals surface area contributed by atoms with Crippen molar-refractivity contribution in [1.82, 2.24) is 30.4 Å². The topological polar surface area (TPSA) is 108 Å². The van der Waals surface area contributed by atoms with Gasteiger partial charge in [-0.1, -0.05) is 17.7 Å². The van der Waals surface area contributed by atoms with Crippen LogP contribution in [0.25, 0.3) is 10.9 Å². The summed E-state index contributed by atoms with van der Waals surface area (Å²) in [6.07, 6.45) is 2.44. The number of nitrogens with one attached hydrogen (secondary N) is 2. The van der Waals surface area contributed by atoms with Gasteiger partial charge >= 0.3 is 0 Å². The first-order valence-electron chi connectivity index (χ1n) is 12.7. The van der Waals surface area contributed by atoms with Crippen molar-refractivity contribution >= 4 is 64.0 Å². The Morgan fingerprint density at radius 1 is 1.05 bits per heavy atom.